The Morgan fingerprint density at radius 1 is 1.53 bits per heavy atom. The van der Waals surface area contributed by atoms with Crippen molar-refractivity contribution in [1.82, 2.24) is 10.3 Å². The number of pyridine rings is 1. The number of rotatable bonds is 4. The summed E-state index contributed by atoms with van der Waals surface area (Å²) in [6.45, 7) is 5.95. The summed E-state index contributed by atoms with van der Waals surface area (Å²) in [6.07, 6.45) is 2.79. The van der Waals surface area contributed by atoms with Crippen LogP contribution in [0.4, 0.5) is 0 Å². The van der Waals surface area contributed by atoms with Crippen LogP contribution in [0.3, 0.4) is 0 Å². The zero-order chi connectivity index (χ0) is 14.3. The molecule has 4 heteroatoms. The van der Waals surface area contributed by atoms with Crippen molar-refractivity contribution < 1.29 is 9.90 Å². The molecule has 19 heavy (non-hydrogen) atoms. The lowest BCUT2D eigenvalue weighted by Crippen LogP contribution is -2.43. The summed E-state index contributed by atoms with van der Waals surface area (Å²) in [5.41, 5.74) is 0.638. The summed E-state index contributed by atoms with van der Waals surface area (Å²) in [4.78, 5) is 16.3. The van der Waals surface area contributed by atoms with Crippen LogP contribution in [0.15, 0.2) is 18.3 Å². The topological polar surface area (TPSA) is 62.2 Å². The highest BCUT2D eigenvalue weighted by molar-refractivity contribution is 5.95. The third-order valence-electron chi connectivity index (χ3n) is 2.82. The number of amides is 1. The van der Waals surface area contributed by atoms with Crippen molar-refractivity contribution in [3.63, 3.8) is 0 Å². The number of carbonyl (C=O) groups excluding carboxylic acids is 1. The smallest absolute Gasteiger partial charge is 0.271 e. The molecule has 0 aliphatic heterocycles. The molecule has 0 radical (unpaired) electrons. The van der Waals surface area contributed by atoms with E-state index < -0.39 is 0 Å². The molecule has 2 N–H and O–H groups in total. The molecular weight excluding hydrogens is 240 g/mol. The van der Waals surface area contributed by atoms with Crippen LogP contribution < -0.4 is 5.32 Å². The summed E-state index contributed by atoms with van der Waals surface area (Å²) in [5, 5.41) is 11.6. The van der Waals surface area contributed by atoms with E-state index in [2.05, 4.69) is 22.1 Å². The first kappa shape index (κ1) is 15.2. The molecule has 0 spiro atoms. The molecule has 1 aromatic heterocycles. The molecule has 0 fully saturated rings. The van der Waals surface area contributed by atoms with E-state index in [4.69, 9.17) is 5.11 Å². The first-order chi connectivity index (χ1) is 9.00. The number of aliphatic hydroxyl groups is 1. The minimum Gasteiger partial charge on any atom is -0.395 e. The summed E-state index contributed by atoms with van der Waals surface area (Å²) < 4.78 is 0. The Hall–Kier alpha value is -1.86. The number of hydrogen-bond acceptors (Lipinski definition) is 3. The van der Waals surface area contributed by atoms with Crippen molar-refractivity contribution in [1.29, 1.82) is 0 Å². The van der Waals surface area contributed by atoms with E-state index in [9.17, 15) is 4.79 Å². The van der Waals surface area contributed by atoms with Crippen LogP contribution >= 0.6 is 0 Å². The maximum absolute atomic E-state index is 12.2. The molecule has 0 unspecified atom stereocenters. The van der Waals surface area contributed by atoms with E-state index >= 15 is 0 Å². The third kappa shape index (κ3) is 4.72. The Morgan fingerprint density at radius 3 is 2.89 bits per heavy atom. The monoisotopic (exact) mass is 260 g/mol. The van der Waals surface area contributed by atoms with Crippen molar-refractivity contribution >= 4 is 5.91 Å². The Bertz CT molecular complexity index is 498. The fraction of sp³-hybridized carbons (Fsp3) is 0.467. The van der Waals surface area contributed by atoms with E-state index in [1.165, 1.54) is 0 Å². The zero-order valence-corrected chi connectivity index (χ0v) is 11.7. The maximum Gasteiger partial charge on any atom is 0.271 e. The molecular formula is C15H20N2O2. The van der Waals surface area contributed by atoms with Gasteiger partial charge in [0, 0.05) is 18.2 Å². The molecule has 0 atom stereocenters. The molecule has 0 aliphatic carbocycles. The van der Waals surface area contributed by atoms with Gasteiger partial charge in [-0.15, -0.1) is 0 Å². The molecule has 0 aliphatic rings. The number of nitrogens with one attached hydrogen (secondary N) is 1. The van der Waals surface area contributed by atoms with Crippen LogP contribution in [0.1, 0.15) is 49.7 Å². The quantitative estimate of drug-likeness (QED) is 0.810. The van der Waals surface area contributed by atoms with Crippen molar-refractivity contribution in [3.05, 3.63) is 29.6 Å². The number of carbonyl (C=O) groups is 1. The van der Waals surface area contributed by atoms with Crippen LogP contribution in [-0.4, -0.2) is 28.1 Å². The van der Waals surface area contributed by atoms with E-state index in [1.807, 2.05) is 20.8 Å². The molecule has 0 bridgehead atoms. The van der Waals surface area contributed by atoms with Crippen molar-refractivity contribution in [3.8, 4) is 11.8 Å². The van der Waals surface area contributed by atoms with Gasteiger partial charge >= 0.3 is 0 Å². The molecule has 1 heterocycles. The van der Waals surface area contributed by atoms with Crippen LogP contribution in [0.5, 0.6) is 0 Å². The molecule has 4 nitrogen and oxygen atoms in total. The largest absolute Gasteiger partial charge is 0.395 e. The second-order valence-corrected chi connectivity index (χ2v) is 4.87. The minimum atomic E-state index is -0.273. The standard InChI is InChI=1S/C15H20N2O2/c1-4-15(2,3)17-14(19)13-12(8-5-6-11-18)9-7-10-16-13/h7,9-10,18H,4,6,11H2,1-3H3,(H,17,19). The van der Waals surface area contributed by atoms with Gasteiger partial charge in [0.2, 0.25) is 0 Å². The van der Waals surface area contributed by atoms with Crippen LogP contribution in [0, 0.1) is 11.8 Å². The maximum atomic E-state index is 12.2. The lowest BCUT2D eigenvalue weighted by Gasteiger charge is -2.24. The van der Waals surface area contributed by atoms with Crippen LogP contribution in [-0.2, 0) is 0 Å². The highest BCUT2D eigenvalue weighted by Gasteiger charge is 2.20. The minimum absolute atomic E-state index is 0.0116. The van der Waals surface area contributed by atoms with Gasteiger partial charge in [-0.1, -0.05) is 18.8 Å². The molecule has 1 aromatic rings. The van der Waals surface area contributed by atoms with Gasteiger partial charge in [-0.05, 0) is 32.4 Å². The summed E-state index contributed by atoms with van der Waals surface area (Å²) >= 11 is 0. The Kier molecular flexibility index (Phi) is 5.53. The van der Waals surface area contributed by atoms with Gasteiger partial charge in [-0.25, -0.2) is 4.98 Å². The Morgan fingerprint density at radius 2 is 2.26 bits per heavy atom. The van der Waals surface area contributed by atoms with Gasteiger partial charge in [-0.2, -0.15) is 0 Å². The number of hydrogen-bond donors (Lipinski definition) is 2. The molecule has 0 saturated carbocycles. The molecule has 0 saturated heterocycles. The lowest BCUT2D eigenvalue weighted by molar-refractivity contribution is 0.0906. The zero-order valence-electron chi connectivity index (χ0n) is 11.7. The fourth-order valence-electron chi connectivity index (χ4n) is 1.36. The van der Waals surface area contributed by atoms with Crippen molar-refractivity contribution in [2.45, 2.75) is 39.2 Å². The Balaban J connectivity index is 2.95. The molecule has 102 valence electrons. The molecule has 1 amide bonds. The van der Waals surface area contributed by atoms with E-state index in [0.717, 1.165) is 6.42 Å². The van der Waals surface area contributed by atoms with Gasteiger partial charge in [0.1, 0.15) is 5.69 Å². The first-order valence-electron chi connectivity index (χ1n) is 6.37. The molecule has 0 aromatic carbocycles. The average molecular weight is 260 g/mol. The van der Waals surface area contributed by atoms with Crippen LogP contribution in [0.2, 0.25) is 0 Å². The normalized spacial score (nSPS) is 10.5. The third-order valence-corrected chi connectivity index (χ3v) is 2.82. The number of aliphatic hydroxyl groups excluding tert-OH is 1. The number of nitrogens with zero attached hydrogens (tertiary/aromatic N) is 1. The fourth-order valence-corrected chi connectivity index (χ4v) is 1.36. The first-order valence-corrected chi connectivity index (χ1v) is 6.37. The predicted octanol–water partition coefficient (Wildman–Crippen LogP) is 1.73. The highest BCUT2D eigenvalue weighted by atomic mass is 16.2. The highest BCUT2D eigenvalue weighted by Crippen LogP contribution is 2.10. The summed E-state index contributed by atoms with van der Waals surface area (Å²) in [5.74, 6) is 5.45. The Labute approximate surface area is 114 Å². The van der Waals surface area contributed by atoms with Gasteiger partial charge < -0.3 is 10.4 Å². The lowest BCUT2D eigenvalue weighted by atomic mass is 10.0. The SMILES string of the molecule is CCC(C)(C)NC(=O)c1ncccc1C#CCCO. The van der Waals surface area contributed by atoms with Gasteiger partial charge in [0.15, 0.2) is 0 Å². The van der Waals surface area contributed by atoms with Gasteiger partial charge in [0.05, 0.1) is 12.2 Å². The second-order valence-electron chi connectivity index (χ2n) is 4.87. The van der Waals surface area contributed by atoms with E-state index in [0.29, 0.717) is 17.7 Å². The van der Waals surface area contributed by atoms with E-state index in [1.54, 1.807) is 18.3 Å². The predicted molar refractivity (Wildman–Crippen MR) is 74.7 cm³/mol. The molecule has 1 rings (SSSR count). The summed E-state index contributed by atoms with van der Waals surface area (Å²) in [7, 11) is 0. The van der Waals surface area contributed by atoms with Gasteiger partial charge in [-0.3, -0.25) is 4.79 Å². The van der Waals surface area contributed by atoms with E-state index in [-0.39, 0.29) is 18.1 Å². The van der Waals surface area contributed by atoms with Crippen LogP contribution in [0.25, 0.3) is 0 Å². The second kappa shape index (κ2) is 6.91. The van der Waals surface area contributed by atoms with Gasteiger partial charge in [0.25, 0.3) is 5.91 Å². The number of aromatic nitrogens is 1. The van der Waals surface area contributed by atoms with Crippen molar-refractivity contribution in [2.24, 2.45) is 0 Å². The van der Waals surface area contributed by atoms with Crippen molar-refractivity contribution in [2.75, 3.05) is 6.61 Å². The summed E-state index contributed by atoms with van der Waals surface area (Å²) in [6, 6.07) is 3.50. The average Bonchev–Trinajstić information content (AvgIpc) is 2.39.